The van der Waals surface area contributed by atoms with Gasteiger partial charge < -0.3 is 10.5 Å². The molecule has 0 spiro atoms. The van der Waals surface area contributed by atoms with Crippen molar-refractivity contribution in [2.75, 3.05) is 6.61 Å². The van der Waals surface area contributed by atoms with Gasteiger partial charge in [0.25, 0.3) is 0 Å². The van der Waals surface area contributed by atoms with Crippen molar-refractivity contribution in [1.82, 2.24) is 4.72 Å². The molecule has 0 saturated heterocycles. The molecule has 0 radical (unpaired) electrons. The molecule has 0 aliphatic heterocycles. The second kappa shape index (κ2) is 7.82. The number of nitrogens with two attached hydrogens (primary N) is 1. The van der Waals surface area contributed by atoms with Crippen LogP contribution < -0.4 is 15.2 Å². The zero-order valence-electron chi connectivity index (χ0n) is 13.1. The first kappa shape index (κ1) is 20.2. The molecule has 134 valence electrons. The van der Waals surface area contributed by atoms with Crippen LogP contribution in [0, 0.1) is 0 Å². The maximum absolute atomic E-state index is 12.3. The smallest absolute Gasteiger partial charge is 0.492 e. The second-order valence-corrected chi connectivity index (χ2v) is 6.68. The second-order valence-electron chi connectivity index (χ2n) is 4.98. The predicted octanol–water partition coefficient (Wildman–Crippen LogP) is 2.64. The maximum Gasteiger partial charge on any atom is 0.511 e. The van der Waals surface area contributed by atoms with Gasteiger partial charge >= 0.3 is 15.5 Å². The topological polar surface area (TPSA) is 81.4 Å². The fourth-order valence-electron chi connectivity index (χ4n) is 1.96. The monoisotopic (exact) mass is 364 g/mol. The Labute approximate surface area is 139 Å². The van der Waals surface area contributed by atoms with Crippen molar-refractivity contribution in [2.45, 2.75) is 25.0 Å². The van der Waals surface area contributed by atoms with Crippen LogP contribution in [-0.4, -0.2) is 26.6 Å². The van der Waals surface area contributed by atoms with Gasteiger partial charge in [0.15, 0.2) is 0 Å². The molecule has 0 aliphatic carbocycles. The van der Waals surface area contributed by atoms with Crippen molar-refractivity contribution in [1.29, 1.82) is 0 Å². The van der Waals surface area contributed by atoms with Crippen molar-refractivity contribution in [3.63, 3.8) is 0 Å². The minimum Gasteiger partial charge on any atom is -0.492 e. The number of nitrogens with one attached hydrogen (secondary N) is 1. The summed E-state index contributed by atoms with van der Waals surface area (Å²) in [6.45, 7) is 8.53. The number of alkyl halides is 3. The molecule has 5 nitrogen and oxygen atoms in total. The summed E-state index contributed by atoms with van der Waals surface area (Å²) < 4.78 is 65.9. The quantitative estimate of drug-likeness (QED) is 0.743. The molecule has 9 heteroatoms. The van der Waals surface area contributed by atoms with Crippen molar-refractivity contribution >= 4 is 22.2 Å². The average Bonchev–Trinajstić information content (AvgIpc) is 2.50. The lowest BCUT2D eigenvalue weighted by molar-refractivity contribution is -0.0451. The Morgan fingerprint density at radius 3 is 2.42 bits per heavy atom. The SMILES string of the molecule is C=Cc1cc(OCC(C)NS(=O)(=O)C(F)(F)F)cc(CN)c1C=C. The van der Waals surface area contributed by atoms with E-state index < -0.39 is 21.6 Å². The van der Waals surface area contributed by atoms with E-state index in [1.165, 1.54) is 11.6 Å². The third-order valence-corrected chi connectivity index (χ3v) is 4.40. The lowest BCUT2D eigenvalue weighted by Gasteiger charge is -2.18. The minimum absolute atomic E-state index is 0.204. The Balaban J connectivity index is 2.88. The molecule has 1 aromatic rings. The van der Waals surface area contributed by atoms with E-state index in [9.17, 15) is 21.6 Å². The molecule has 1 unspecified atom stereocenters. The van der Waals surface area contributed by atoms with Crippen LogP contribution in [-0.2, 0) is 16.6 Å². The van der Waals surface area contributed by atoms with Crippen molar-refractivity contribution in [2.24, 2.45) is 5.73 Å². The minimum atomic E-state index is -5.42. The third kappa shape index (κ3) is 4.83. The fraction of sp³-hybridized carbons (Fsp3) is 0.333. The summed E-state index contributed by atoms with van der Waals surface area (Å²) in [5.41, 5.74) is 2.49. The summed E-state index contributed by atoms with van der Waals surface area (Å²) in [5.74, 6) is 0.342. The Morgan fingerprint density at radius 1 is 1.33 bits per heavy atom. The Bertz CT molecular complexity index is 715. The van der Waals surface area contributed by atoms with Gasteiger partial charge in [-0.05, 0) is 35.7 Å². The van der Waals surface area contributed by atoms with Crippen LogP contribution in [0.1, 0.15) is 23.6 Å². The van der Waals surface area contributed by atoms with Crippen molar-refractivity contribution in [3.05, 3.63) is 42.0 Å². The first-order valence-corrected chi connectivity index (χ1v) is 8.37. The third-order valence-electron chi connectivity index (χ3n) is 3.08. The summed E-state index contributed by atoms with van der Waals surface area (Å²) in [5, 5.41) is 0. The molecule has 3 N–H and O–H groups in total. The molecule has 1 rings (SSSR count). The average molecular weight is 364 g/mol. The largest absolute Gasteiger partial charge is 0.511 e. The summed E-state index contributed by atoms with van der Waals surface area (Å²) in [6, 6.07) is 2.16. The van der Waals surface area contributed by atoms with Crippen LogP contribution in [0.15, 0.2) is 25.3 Å². The highest BCUT2D eigenvalue weighted by Crippen LogP contribution is 2.25. The fourth-order valence-corrected chi connectivity index (χ4v) is 2.70. The van der Waals surface area contributed by atoms with Crippen LogP contribution in [0.2, 0.25) is 0 Å². The van der Waals surface area contributed by atoms with Gasteiger partial charge in [-0.3, -0.25) is 0 Å². The van der Waals surface area contributed by atoms with Gasteiger partial charge in [0.2, 0.25) is 0 Å². The van der Waals surface area contributed by atoms with Gasteiger partial charge in [-0.2, -0.15) is 13.2 Å². The molecule has 24 heavy (non-hydrogen) atoms. The Hall–Kier alpha value is -1.84. The Morgan fingerprint density at radius 2 is 1.96 bits per heavy atom. The predicted molar refractivity (Wildman–Crippen MR) is 87.6 cm³/mol. The molecule has 0 aliphatic rings. The lowest BCUT2D eigenvalue weighted by Crippen LogP contribution is -2.43. The van der Waals surface area contributed by atoms with Crippen LogP contribution in [0.25, 0.3) is 12.2 Å². The molecule has 0 aromatic heterocycles. The summed E-state index contributed by atoms with van der Waals surface area (Å²) in [4.78, 5) is 0. The highest BCUT2D eigenvalue weighted by Gasteiger charge is 2.46. The van der Waals surface area contributed by atoms with Gasteiger partial charge in [-0.15, -0.1) is 0 Å². The summed E-state index contributed by atoms with van der Waals surface area (Å²) in [7, 11) is -5.42. The van der Waals surface area contributed by atoms with E-state index in [0.29, 0.717) is 11.3 Å². The molecule has 0 bridgehead atoms. The molecule has 1 aromatic carbocycles. The van der Waals surface area contributed by atoms with E-state index in [-0.39, 0.29) is 13.2 Å². The summed E-state index contributed by atoms with van der Waals surface area (Å²) >= 11 is 0. The normalized spacial score (nSPS) is 13.4. The van der Waals surface area contributed by atoms with Gasteiger partial charge in [-0.1, -0.05) is 25.3 Å². The molecule has 0 fully saturated rings. The van der Waals surface area contributed by atoms with E-state index in [0.717, 1.165) is 11.1 Å². The van der Waals surface area contributed by atoms with Gasteiger partial charge in [0.1, 0.15) is 12.4 Å². The number of halogens is 3. The van der Waals surface area contributed by atoms with E-state index in [1.807, 2.05) is 0 Å². The zero-order chi connectivity index (χ0) is 18.5. The number of rotatable bonds is 8. The van der Waals surface area contributed by atoms with Crippen molar-refractivity contribution < 1.29 is 26.3 Å². The number of sulfonamides is 1. The highest BCUT2D eigenvalue weighted by molar-refractivity contribution is 7.90. The lowest BCUT2D eigenvalue weighted by atomic mass is 10.0. The number of ether oxygens (including phenoxy) is 1. The van der Waals surface area contributed by atoms with Gasteiger partial charge in [-0.25, -0.2) is 13.1 Å². The summed E-state index contributed by atoms with van der Waals surface area (Å²) in [6.07, 6.45) is 3.18. The van der Waals surface area contributed by atoms with E-state index in [1.54, 1.807) is 24.3 Å². The van der Waals surface area contributed by atoms with Crippen LogP contribution in [0.5, 0.6) is 5.75 Å². The molecular weight excluding hydrogens is 345 g/mol. The maximum atomic E-state index is 12.3. The zero-order valence-corrected chi connectivity index (χ0v) is 13.9. The molecular formula is C15H19F3N2O3S. The van der Waals surface area contributed by atoms with Crippen LogP contribution in [0.3, 0.4) is 0 Å². The van der Waals surface area contributed by atoms with E-state index in [2.05, 4.69) is 13.2 Å². The first-order chi connectivity index (χ1) is 11.1. The van der Waals surface area contributed by atoms with Crippen LogP contribution >= 0.6 is 0 Å². The molecule has 0 heterocycles. The highest BCUT2D eigenvalue weighted by atomic mass is 32.2. The first-order valence-electron chi connectivity index (χ1n) is 6.89. The number of hydrogen-bond acceptors (Lipinski definition) is 4. The van der Waals surface area contributed by atoms with Gasteiger partial charge in [0, 0.05) is 6.54 Å². The van der Waals surface area contributed by atoms with E-state index >= 15 is 0 Å². The van der Waals surface area contributed by atoms with Crippen LogP contribution in [0.4, 0.5) is 13.2 Å². The molecule has 1 atom stereocenters. The molecule has 0 amide bonds. The molecule has 0 saturated carbocycles. The van der Waals surface area contributed by atoms with Gasteiger partial charge in [0.05, 0.1) is 6.04 Å². The number of benzene rings is 1. The standard InChI is InChI=1S/C15H19F3N2O3S/c1-4-11-6-13(7-12(8-19)14(11)5-2)23-9-10(3)20-24(21,22)15(16,17)18/h4-7,10,20H,1-2,8-9,19H2,3H3. The van der Waals surface area contributed by atoms with E-state index in [4.69, 9.17) is 10.5 Å². The van der Waals surface area contributed by atoms with Crippen molar-refractivity contribution in [3.8, 4) is 5.75 Å². The number of hydrogen-bond donors (Lipinski definition) is 2. The Kier molecular flexibility index (Phi) is 6.58.